The predicted molar refractivity (Wildman–Crippen MR) is 78.4 cm³/mol. The minimum absolute atomic E-state index is 0.602. The van der Waals surface area contributed by atoms with E-state index in [1.54, 1.807) is 0 Å². The molecule has 0 aromatic heterocycles. The van der Waals surface area contributed by atoms with Crippen molar-refractivity contribution >= 4 is 0 Å². The molecule has 2 atom stereocenters. The highest BCUT2D eigenvalue weighted by Crippen LogP contribution is 2.49. The van der Waals surface area contributed by atoms with Gasteiger partial charge in [-0.3, -0.25) is 4.90 Å². The van der Waals surface area contributed by atoms with Crippen LogP contribution in [0.25, 0.3) is 0 Å². The third-order valence-corrected chi connectivity index (χ3v) is 5.38. The van der Waals surface area contributed by atoms with Crippen molar-refractivity contribution in [1.29, 1.82) is 0 Å². The molecule has 2 rings (SSSR count). The Kier molecular flexibility index (Phi) is 5.50. The Morgan fingerprint density at radius 2 is 1.94 bits per heavy atom. The van der Waals surface area contributed by atoms with Gasteiger partial charge in [-0.15, -0.1) is 0 Å². The molecule has 18 heavy (non-hydrogen) atoms. The molecule has 0 bridgehead atoms. The quantitative estimate of drug-likeness (QED) is 0.696. The Labute approximate surface area is 114 Å². The molecule has 0 aromatic rings. The molecule has 0 spiro atoms. The average molecular weight is 251 g/mol. The van der Waals surface area contributed by atoms with Gasteiger partial charge in [-0.25, -0.2) is 0 Å². The standard InChI is InChI=1S/C16H31N2/c1-3-18(14-7-6-13-17-2)16-11-5-4-9-15(16)10-8-12-16/h15,17H,2-14H2,1H3. The van der Waals surface area contributed by atoms with E-state index < -0.39 is 0 Å². The number of fused-ring (bicyclic) bond motifs is 1. The van der Waals surface area contributed by atoms with Gasteiger partial charge in [-0.05, 0) is 64.1 Å². The van der Waals surface area contributed by atoms with Crippen LogP contribution >= 0.6 is 0 Å². The second kappa shape index (κ2) is 6.91. The van der Waals surface area contributed by atoms with Crippen LogP contribution in [0.3, 0.4) is 0 Å². The molecule has 0 aromatic carbocycles. The van der Waals surface area contributed by atoms with Gasteiger partial charge in [0.15, 0.2) is 0 Å². The van der Waals surface area contributed by atoms with E-state index in [4.69, 9.17) is 0 Å². The fraction of sp³-hybridized carbons (Fsp3) is 0.938. The summed E-state index contributed by atoms with van der Waals surface area (Å²) in [6.45, 7) is 5.97. The number of nitrogens with zero attached hydrogens (tertiary/aromatic N) is 1. The van der Waals surface area contributed by atoms with E-state index in [1.807, 2.05) is 0 Å². The fourth-order valence-electron chi connectivity index (χ4n) is 4.51. The summed E-state index contributed by atoms with van der Waals surface area (Å²) in [5.74, 6) is 1.01. The molecule has 1 N–H and O–H groups in total. The number of unbranched alkanes of at least 4 members (excludes halogenated alkanes) is 1. The Bertz CT molecular complexity index is 241. The molecule has 2 aliphatic carbocycles. The minimum atomic E-state index is 0.602. The molecule has 2 fully saturated rings. The van der Waals surface area contributed by atoms with Crippen LogP contribution in [0.2, 0.25) is 0 Å². The lowest BCUT2D eigenvalue weighted by molar-refractivity contribution is 0.0220. The van der Waals surface area contributed by atoms with Crippen molar-refractivity contribution in [3.63, 3.8) is 0 Å². The van der Waals surface area contributed by atoms with Gasteiger partial charge >= 0.3 is 0 Å². The van der Waals surface area contributed by atoms with Crippen molar-refractivity contribution in [2.45, 2.75) is 70.3 Å². The predicted octanol–water partition coefficient (Wildman–Crippen LogP) is 3.58. The van der Waals surface area contributed by atoms with Crippen molar-refractivity contribution in [2.24, 2.45) is 5.92 Å². The van der Waals surface area contributed by atoms with E-state index in [1.165, 1.54) is 70.9 Å². The number of rotatable bonds is 7. The summed E-state index contributed by atoms with van der Waals surface area (Å²) in [7, 11) is 3.70. The van der Waals surface area contributed by atoms with Crippen LogP contribution in [0.1, 0.15) is 64.7 Å². The van der Waals surface area contributed by atoms with Crippen LogP contribution < -0.4 is 5.32 Å². The number of nitrogens with one attached hydrogen (secondary N) is 1. The molecule has 1 radical (unpaired) electrons. The molecular weight excluding hydrogens is 220 g/mol. The van der Waals surface area contributed by atoms with Crippen LogP contribution in [0.5, 0.6) is 0 Å². The molecule has 0 saturated heterocycles. The van der Waals surface area contributed by atoms with Crippen LogP contribution in [0.15, 0.2) is 0 Å². The summed E-state index contributed by atoms with van der Waals surface area (Å²) in [6.07, 6.45) is 12.9. The monoisotopic (exact) mass is 251 g/mol. The lowest BCUT2D eigenvalue weighted by atomic mass is 9.73. The van der Waals surface area contributed by atoms with E-state index in [2.05, 4.69) is 24.2 Å². The highest BCUT2D eigenvalue weighted by molar-refractivity contribution is 5.02. The Hall–Kier alpha value is -0.0800. The van der Waals surface area contributed by atoms with Crippen molar-refractivity contribution in [3.8, 4) is 0 Å². The van der Waals surface area contributed by atoms with Gasteiger partial charge < -0.3 is 5.32 Å². The molecule has 0 aliphatic heterocycles. The van der Waals surface area contributed by atoms with Crippen LogP contribution in [-0.4, -0.2) is 30.1 Å². The van der Waals surface area contributed by atoms with Crippen molar-refractivity contribution in [3.05, 3.63) is 7.05 Å². The molecule has 0 heterocycles. The summed E-state index contributed by atoms with van der Waals surface area (Å²) >= 11 is 0. The highest BCUT2D eigenvalue weighted by Gasteiger charge is 2.47. The Balaban J connectivity index is 1.92. The van der Waals surface area contributed by atoms with E-state index in [0.29, 0.717) is 5.54 Å². The third kappa shape index (κ3) is 2.91. The molecule has 2 unspecified atom stereocenters. The lowest BCUT2D eigenvalue weighted by Gasteiger charge is -2.48. The second-order valence-electron chi connectivity index (χ2n) is 6.23. The molecule has 2 saturated carbocycles. The van der Waals surface area contributed by atoms with Gasteiger partial charge in [0.05, 0.1) is 0 Å². The first kappa shape index (κ1) is 14.3. The van der Waals surface area contributed by atoms with Gasteiger partial charge in [-0.2, -0.15) is 0 Å². The van der Waals surface area contributed by atoms with E-state index in [0.717, 1.165) is 12.5 Å². The Morgan fingerprint density at radius 3 is 2.72 bits per heavy atom. The van der Waals surface area contributed by atoms with Crippen molar-refractivity contribution in [2.75, 3.05) is 19.6 Å². The van der Waals surface area contributed by atoms with E-state index in [-0.39, 0.29) is 0 Å². The van der Waals surface area contributed by atoms with Gasteiger partial charge in [-0.1, -0.05) is 26.2 Å². The third-order valence-electron chi connectivity index (χ3n) is 5.38. The largest absolute Gasteiger partial charge is 0.315 e. The van der Waals surface area contributed by atoms with Gasteiger partial charge in [0.25, 0.3) is 0 Å². The number of hydrogen-bond acceptors (Lipinski definition) is 2. The molecule has 2 aliphatic rings. The maximum absolute atomic E-state index is 3.70. The van der Waals surface area contributed by atoms with Crippen LogP contribution in [-0.2, 0) is 0 Å². The summed E-state index contributed by atoms with van der Waals surface area (Å²) in [6, 6.07) is 0. The molecule has 2 nitrogen and oxygen atoms in total. The summed E-state index contributed by atoms with van der Waals surface area (Å²) in [5, 5.41) is 3.02. The first-order valence-electron chi connectivity index (χ1n) is 8.08. The summed E-state index contributed by atoms with van der Waals surface area (Å²) in [4.78, 5) is 2.84. The molecule has 105 valence electrons. The Morgan fingerprint density at radius 1 is 1.17 bits per heavy atom. The van der Waals surface area contributed by atoms with E-state index in [9.17, 15) is 0 Å². The summed E-state index contributed by atoms with van der Waals surface area (Å²) in [5.41, 5.74) is 0.602. The zero-order valence-corrected chi connectivity index (χ0v) is 12.2. The topological polar surface area (TPSA) is 15.3 Å². The molecular formula is C16H31N2. The highest BCUT2D eigenvalue weighted by atomic mass is 15.2. The lowest BCUT2D eigenvalue weighted by Crippen LogP contribution is -2.53. The SMILES string of the molecule is [CH2]NCCCCN(CC)C12CCCCC1CCC2. The second-order valence-corrected chi connectivity index (χ2v) is 6.23. The van der Waals surface area contributed by atoms with Crippen molar-refractivity contribution in [1.82, 2.24) is 10.2 Å². The van der Waals surface area contributed by atoms with Crippen molar-refractivity contribution < 1.29 is 0 Å². The molecule has 2 heteroatoms. The smallest absolute Gasteiger partial charge is 0.0237 e. The summed E-state index contributed by atoms with van der Waals surface area (Å²) < 4.78 is 0. The van der Waals surface area contributed by atoms with Crippen LogP contribution in [0.4, 0.5) is 0 Å². The fourth-order valence-corrected chi connectivity index (χ4v) is 4.51. The minimum Gasteiger partial charge on any atom is -0.315 e. The molecule has 0 amide bonds. The number of hydrogen-bond donors (Lipinski definition) is 1. The van der Waals surface area contributed by atoms with Gasteiger partial charge in [0.1, 0.15) is 0 Å². The maximum Gasteiger partial charge on any atom is 0.0237 e. The van der Waals surface area contributed by atoms with Gasteiger partial charge in [0, 0.05) is 12.6 Å². The zero-order chi connectivity index (χ0) is 12.8. The first-order valence-corrected chi connectivity index (χ1v) is 8.08. The maximum atomic E-state index is 3.70. The average Bonchev–Trinajstić information content (AvgIpc) is 2.83. The first-order chi connectivity index (χ1) is 8.83. The van der Waals surface area contributed by atoms with Gasteiger partial charge in [0.2, 0.25) is 0 Å². The van der Waals surface area contributed by atoms with Crippen LogP contribution in [0, 0.1) is 13.0 Å². The zero-order valence-electron chi connectivity index (χ0n) is 12.2. The van der Waals surface area contributed by atoms with E-state index >= 15 is 0 Å². The normalized spacial score (nSPS) is 31.8.